The van der Waals surface area contributed by atoms with Gasteiger partial charge in [0, 0.05) is 19.6 Å². The normalized spacial score (nSPS) is 16.4. The Kier molecular flexibility index (Phi) is 3.19. The number of nitrogens with zero attached hydrogens (tertiary/aromatic N) is 3. The van der Waals surface area contributed by atoms with Crippen LogP contribution in [0.5, 0.6) is 0 Å². The van der Waals surface area contributed by atoms with Crippen molar-refractivity contribution in [2.45, 2.75) is 39.3 Å². The Morgan fingerprint density at radius 2 is 2.24 bits per heavy atom. The number of aliphatic hydroxyl groups is 1. The van der Waals surface area contributed by atoms with E-state index in [1.807, 2.05) is 13.0 Å². The lowest BCUT2D eigenvalue weighted by Gasteiger charge is -2.35. The molecule has 0 spiro atoms. The molecule has 5 heteroatoms. The van der Waals surface area contributed by atoms with E-state index in [2.05, 4.69) is 18.9 Å². The Bertz CT molecular complexity index is 419. The third-order valence-corrected chi connectivity index (χ3v) is 3.06. The SMILES string of the molecule is CCn1nc(C(C)C)cc1C(=O)N1CC(O)C1. The average molecular weight is 237 g/mol. The van der Waals surface area contributed by atoms with Gasteiger partial charge in [-0.1, -0.05) is 13.8 Å². The van der Waals surface area contributed by atoms with Gasteiger partial charge in [0.25, 0.3) is 5.91 Å². The van der Waals surface area contributed by atoms with E-state index < -0.39 is 0 Å². The molecule has 5 nitrogen and oxygen atoms in total. The minimum absolute atomic E-state index is 0.0310. The second-order valence-corrected chi connectivity index (χ2v) is 4.79. The Labute approximate surface area is 101 Å². The average Bonchev–Trinajstić information content (AvgIpc) is 2.67. The maximum Gasteiger partial charge on any atom is 0.272 e. The lowest BCUT2D eigenvalue weighted by atomic mass is 10.1. The van der Waals surface area contributed by atoms with Gasteiger partial charge in [0.15, 0.2) is 0 Å². The highest BCUT2D eigenvalue weighted by molar-refractivity contribution is 5.93. The van der Waals surface area contributed by atoms with Gasteiger partial charge in [-0.3, -0.25) is 9.48 Å². The van der Waals surface area contributed by atoms with Crippen molar-refractivity contribution >= 4 is 5.91 Å². The molecule has 1 aromatic heterocycles. The van der Waals surface area contributed by atoms with Crippen molar-refractivity contribution in [1.82, 2.24) is 14.7 Å². The molecule has 2 rings (SSSR count). The molecular formula is C12H19N3O2. The summed E-state index contributed by atoms with van der Waals surface area (Å²) in [5.74, 6) is 0.285. The lowest BCUT2D eigenvalue weighted by molar-refractivity contribution is 0.00510. The third-order valence-electron chi connectivity index (χ3n) is 3.06. The summed E-state index contributed by atoms with van der Waals surface area (Å²) in [4.78, 5) is 13.8. The highest BCUT2D eigenvalue weighted by atomic mass is 16.3. The molecule has 94 valence electrons. The summed E-state index contributed by atoms with van der Waals surface area (Å²) in [7, 11) is 0. The zero-order chi connectivity index (χ0) is 12.6. The van der Waals surface area contributed by atoms with Crippen LogP contribution >= 0.6 is 0 Å². The van der Waals surface area contributed by atoms with Gasteiger partial charge in [0.2, 0.25) is 0 Å². The number of aryl methyl sites for hydroxylation is 1. The molecule has 0 radical (unpaired) electrons. The van der Waals surface area contributed by atoms with Crippen molar-refractivity contribution < 1.29 is 9.90 Å². The molecule has 1 aliphatic heterocycles. The van der Waals surface area contributed by atoms with Crippen LogP contribution in [0.4, 0.5) is 0 Å². The van der Waals surface area contributed by atoms with Gasteiger partial charge in [-0.15, -0.1) is 0 Å². The summed E-state index contributed by atoms with van der Waals surface area (Å²) in [6.45, 7) is 7.65. The summed E-state index contributed by atoms with van der Waals surface area (Å²) >= 11 is 0. The summed E-state index contributed by atoms with van der Waals surface area (Å²) in [5, 5.41) is 13.6. The summed E-state index contributed by atoms with van der Waals surface area (Å²) < 4.78 is 1.74. The standard InChI is InChI=1S/C12H19N3O2/c1-4-15-11(5-10(13-15)8(2)3)12(17)14-6-9(16)7-14/h5,8-9,16H,4,6-7H2,1-3H3. The molecule has 1 amide bonds. The first kappa shape index (κ1) is 12.1. The van der Waals surface area contributed by atoms with E-state index in [1.165, 1.54) is 0 Å². The van der Waals surface area contributed by atoms with Crippen LogP contribution in [-0.4, -0.2) is 44.9 Å². The molecule has 0 saturated carbocycles. The smallest absolute Gasteiger partial charge is 0.272 e. The number of rotatable bonds is 3. The summed E-state index contributed by atoms with van der Waals surface area (Å²) in [5.41, 5.74) is 1.57. The first-order valence-corrected chi connectivity index (χ1v) is 6.08. The fourth-order valence-corrected chi connectivity index (χ4v) is 1.92. The van der Waals surface area contributed by atoms with Crippen LogP contribution in [0.1, 0.15) is 42.9 Å². The van der Waals surface area contributed by atoms with Crippen LogP contribution in [0.25, 0.3) is 0 Å². The fourth-order valence-electron chi connectivity index (χ4n) is 1.92. The molecule has 17 heavy (non-hydrogen) atoms. The van der Waals surface area contributed by atoms with Gasteiger partial charge in [-0.05, 0) is 18.9 Å². The largest absolute Gasteiger partial charge is 0.389 e. The molecule has 1 aliphatic rings. The number of likely N-dealkylation sites (tertiary alicyclic amines) is 1. The number of aromatic nitrogens is 2. The number of β-amino-alcohol motifs (C(OH)–C–C–N with tert-alkyl or cyclic N) is 1. The molecule has 0 bridgehead atoms. The van der Waals surface area contributed by atoms with Crippen LogP contribution in [0.2, 0.25) is 0 Å². The Morgan fingerprint density at radius 3 is 2.71 bits per heavy atom. The van der Waals surface area contributed by atoms with Crippen LogP contribution in [-0.2, 0) is 6.54 Å². The fraction of sp³-hybridized carbons (Fsp3) is 0.667. The molecule has 1 N–H and O–H groups in total. The van der Waals surface area contributed by atoms with Crippen molar-refractivity contribution in [1.29, 1.82) is 0 Å². The predicted molar refractivity (Wildman–Crippen MR) is 63.9 cm³/mol. The highest BCUT2D eigenvalue weighted by Crippen LogP contribution is 2.18. The maximum absolute atomic E-state index is 12.1. The molecule has 0 aromatic carbocycles. The van der Waals surface area contributed by atoms with Crippen molar-refractivity contribution in [3.63, 3.8) is 0 Å². The van der Waals surface area contributed by atoms with E-state index in [0.29, 0.717) is 31.2 Å². The second-order valence-electron chi connectivity index (χ2n) is 4.79. The topological polar surface area (TPSA) is 58.4 Å². The van der Waals surface area contributed by atoms with Crippen molar-refractivity contribution in [2.75, 3.05) is 13.1 Å². The third kappa shape index (κ3) is 2.20. The Balaban J connectivity index is 2.21. The molecule has 0 aliphatic carbocycles. The molecular weight excluding hydrogens is 218 g/mol. The van der Waals surface area contributed by atoms with Gasteiger partial charge < -0.3 is 10.0 Å². The molecule has 1 fully saturated rings. The Hall–Kier alpha value is -1.36. The van der Waals surface area contributed by atoms with E-state index in [1.54, 1.807) is 9.58 Å². The van der Waals surface area contributed by atoms with Crippen LogP contribution in [0, 0.1) is 0 Å². The number of carbonyl (C=O) groups excluding carboxylic acids is 1. The monoisotopic (exact) mass is 237 g/mol. The number of amides is 1. The van der Waals surface area contributed by atoms with Gasteiger partial charge in [-0.2, -0.15) is 5.10 Å². The summed E-state index contributed by atoms with van der Waals surface area (Å²) in [6, 6.07) is 1.86. The Morgan fingerprint density at radius 1 is 1.59 bits per heavy atom. The van der Waals surface area contributed by atoms with Gasteiger partial charge in [0.1, 0.15) is 5.69 Å². The zero-order valence-corrected chi connectivity index (χ0v) is 10.6. The van der Waals surface area contributed by atoms with E-state index >= 15 is 0 Å². The first-order valence-electron chi connectivity index (χ1n) is 6.08. The highest BCUT2D eigenvalue weighted by Gasteiger charge is 2.31. The molecule has 1 saturated heterocycles. The minimum Gasteiger partial charge on any atom is -0.389 e. The van der Waals surface area contributed by atoms with Crippen LogP contribution in [0.15, 0.2) is 6.07 Å². The van der Waals surface area contributed by atoms with E-state index in [4.69, 9.17) is 0 Å². The number of hydrogen-bond acceptors (Lipinski definition) is 3. The van der Waals surface area contributed by atoms with Gasteiger partial charge in [-0.25, -0.2) is 0 Å². The quantitative estimate of drug-likeness (QED) is 0.847. The van der Waals surface area contributed by atoms with Crippen LogP contribution < -0.4 is 0 Å². The molecule has 2 heterocycles. The zero-order valence-electron chi connectivity index (χ0n) is 10.6. The van der Waals surface area contributed by atoms with E-state index in [9.17, 15) is 9.90 Å². The van der Waals surface area contributed by atoms with Crippen molar-refractivity contribution in [3.05, 3.63) is 17.5 Å². The number of carbonyl (C=O) groups is 1. The molecule has 0 atom stereocenters. The second kappa shape index (κ2) is 4.49. The number of aliphatic hydroxyl groups excluding tert-OH is 1. The van der Waals surface area contributed by atoms with Crippen molar-refractivity contribution in [2.24, 2.45) is 0 Å². The molecule has 1 aromatic rings. The molecule has 0 unspecified atom stereocenters. The first-order chi connectivity index (χ1) is 8.02. The van der Waals surface area contributed by atoms with E-state index in [0.717, 1.165) is 5.69 Å². The number of hydrogen-bond donors (Lipinski definition) is 1. The predicted octanol–water partition coefficient (Wildman–Crippen LogP) is 0.843. The van der Waals surface area contributed by atoms with E-state index in [-0.39, 0.29) is 12.0 Å². The maximum atomic E-state index is 12.1. The minimum atomic E-state index is -0.360. The van der Waals surface area contributed by atoms with Gasteiger partial charge in [0.05, 0.1) is 11.8 Å². The van der Waals surface area contributed by atoms with Gasteiger partial charge >= 0.3 is 0 Å². The summed E-state index contributed by atoms with van der Waals surface area (Å²) in [6.07, 6.45) is -0.360. The van der Waals surface area contributed by atoms with Crippen molar-refractivity contribution in [3.8, 4) is 0 Å². The van der Waals surface area contributed by atoms with Crippen LogP contribution in [0.3, 0.4) is 0 Å². The lowest BCUT2D eigenvalue weighted by Crippen LogP contribution is -2.53.